The molecular formula is C12H19BrN4O. The molecule has 2 unspecified atom stereocenters. The van der Waals surface area contributed by atoms with Crippen LogP contribution >= 0.6 is 15.9 Å². The number of hydrazine groups is 1. The fourth-order valence-electron chi connectivity index (χ4n) is 2.10. The molecule has 0 saturated carbocycles. The van der Waals surface area contributed by atoms with Gasteiger partial charge in [0.25, 0.3) is 0 Å². The topological polar surface area (TPSA) is 63.4 Å². The van der Waals surface area contributed by atoms with Crippen LogP contribution in [0.3, 0.4) is 0 Å². The molecule has 100 valence electrons. The number of pyridine rings is 1. The molecule has 0 aliphatic carbocycles. The first-order valence-corrected chi connectivity index (χ1v) is 6.85. The smallest absolute Gasteiger partial charge is 0.0872 e. The molecule has 0 amide bonds. The van der Waals surface area contributed by atoms with Gasteiger partial charge in [0.15, 0.2) is 0 Å². The predicted molar refractivity (Wildman–Crippen MR) is 74.0 cm³/mol. The molecule has 0 bridgehead atoms. The average molecular weight is 315 g/mol. The van der Waals surface area contributed by atoms with E-state index < -0.39 is 0 Å². The van der Waals surface area contributed by atoms with Crippen LogP contribution in [0.15, 0.2) is 22.8 Å². The molecule has 1 aliphatic heterocycles. The lowest BCUT2D eigenvalue weighted by Crippen LogP contribution is -2.54. The van der Waals surface area contributed by atoms with Crippen LogP contribution in [0.25, 0.3) is 0 Å². The van der Waals surface area contributed by atoms with Crippen molar-refractivity contribution in [1.29, 1.82) is 0 Å². The minimum atomic E-state index is 0.0847. The number of hydrogen-bond donors (Lipinski definition) is 2. The fourth-order valence-corrected chi connectivity index (χ4v) is 2.34. The Hall–Kier alpha value is -0.530. The number of likely N-dealkylation sites (N-methyl/N-ethyl adjacent to an activating group) is 1. The molecule has 1 aromatic heterocycles. The predicted octanol–water partition coefficient (Wildman–Crippen LogP) is 0.549. The number of nitrogens with two attached hydrogens (primary N) is 1. The van der Waals surface area contributed by atoms with E-state index in [-0.39, 0.29) is 12.1 Å². The summed E-state index contributed by atoms with van der Waals surface area (Å²) in [5.74, 6) is 5.64. The van der Waals surface area contributed by atoms with Crippen LogP contribution in [0.2, 0.25) is 0 Å². The first-order chi connectivity index (χ1) is 8.69. The van der Waals surface area contributed by atoms with Crippen molar-refractivity contribution in [3.8, 4) is 0 Å². The van der Waals surface area contributed by atoms with Gasteiger partial charge in [-0.2, -0.15) is 0 Å². The van der Waals surface area contributed by atoms with Gasteiger partial charge in [-0.15, -0.1) is 0 Å². The maximum atomic E-state index is 5.78. The molecule has 6 heteroatoms. The van der Waals surface area contributed by atoms with E-state index >= 15 is 0 Å². The zero-order valence-corrected chi connectivity index (χ0v) is 12.1. The molecule has 0 aromatic carbocycles. The van der Waals surface area contributed by atoms with Gasteiger partial charge in [-0.3, -0.25) is 16.3 Å². The molecule has 1 aliphatic rings. The summed E-state index contributed by atoms with van der Waals surface area (Å²) in [5.41, 5.74) is 3.86. The Labute approximate surface area is 116 Å². The summed E-state index contributed by atoms with van der Waals surface area (Å²) in [5, 5.41) is 0. The SMILES string of the molecule is CN1CCOC(C(Cc2ccc(Br)cn2)NN)C1. The van der Waals surface area contributed by atoms with Crippen LogP contribution in [0.4, 0.5) is 0 Å². The molecule has 2 rings (SSSR count). The maximum absolute atomic E-state index is 5.78. The van der Waals surface area contributed by atoms with Crippen LogP contribution in [-0.2, 0) is 11.2 Å². The number of hydrogen-bond acceptors (Lipinski definition) is 5. The van der Waals surface area contributed by atoms with Crippen molar-refractivity contribution in [2.24, 2.45) is 5.84 Å². The van der Waals surface area contributed by atoms with Gasteiger partial charge in [-0.1, -0.05) is 0 Å². The number of halogens is 1. The highest BCUT2D eigenvalue weighted by molar-refractivity contribution is 9.10. The van der Waals surface area contributed by atoms with E-state index in [0.717, 1.165) is 36.3 Å². The molecule has 0 spiro atoms. The highest BCUT2D eigenvalue weighted by atomic mass is 79.9. The maximum Gasteiger partial charge on any atom is 0.0872 e. The Morgan fingerprint density at radius 2 is 2.50 bits per heavy atom. The van der Waals surface area contributed by atoms with E-state index in [1.165, 1.54) is 0 Å². The van der Waals surface area contributed by atoms with Crippen molar-refractivity contribution in [2.45, 2.75) is 18.6 Å². The standard InChI is InChI=1S/C12H19BrN4O/c1-17-4-5-18-12(8-17)11(16-14)6-10-3-2-9(13)7-15-10/h2-3,7,11-12,16H,4-6,8,14H2,1H3. The van der Waals surface area contributed by atoms with Crippen LogP contribution < -0.4 is 11.3 Å². The Balaban J connectivity index is 1.98. The van der Waals surface area contributed by atoms with Crippen LogP contribution in [-0.4, -0.2) is 48.8 Å². The van der Waals surface area contributed by atoms with Gasteiger partial charge in [-0.25, -0.2) is 0 Å². The van der Waals surface area contributed by atoms with E-state index in [9.17, 15) is 0 Å². The van der Waals surface area contributed by atoms with E-state index in [1.54, 1.807) is 6.20 Å². The zero-order valence-electron chi connectivity index (χ0n) is 10.5. The Morgan fingerprint density at radius 1 is 1.67 bits per heavy atom. The number of ether oxygens (including phenoxy) is 1. The molecule has 5 nitrogen and oxygen atoms in total. The van der Waals surface area contributed by atoms with E-state index in [0.29, 0.717) is 0 Å². The second-order valence-electron chi connectivity index (χ2n) is 4.62. The van der Waals surface area contributed by atoms with Crippen LogP contribution in [0.1, 0.15) is 5.69 Å². The third-order valence-corrected chi connectivity index (χ3v) is 3.65. The summed E-state index contributed by atoms with van der Waals surface area (Å²) < 4.78 is 6.76. The van der Waals surface area contributed by atoms with E-state index in [4.69, 9.17) is 10.6 Å². The summed E-state index contributed by atoms with van der Waals surface area (Å²) in [4.78, 5) is 6.63. The molecule has 1 aromatic rings. The summed E-state index contributed by atoms with van der Waals surface area (Å²) in [6.07, 6.45) is 2.68. The van der Waals surface area contributed by atoms with Crippen molar-refractivity contribution in [2.75, 3.05) is 26.7 Å². The molecular weight excluding hydrogens is 296 g/mol. The fraction of sp³-hybridized carbons (Fsp3) is 0.583. The van der Waals surface area contributed by atoms with Crippen molar-refractivity contribution >= 4 is 15.9 Å². The number of morpholine rings is 1. The zero-order chi connectivity index (χ0) is 13.0. The van der Waals surface area contributed by atoms with Gasteiger partial charge in [0, 0.05) is 35.9 Å². The lowest BCUT2D eigenvalue weighted by atomic mass is 10.0. The number of nitrogens with zero attached hydrogens (tertiary/aromatic N) is 2. The molecule has 2 atom stereocenters. The Kier molecular flexibility index (Phi) is 5.08. The molecule has 3 N–H and O–H groups in total. The summed E-state index contributed by atoms with van der Waals surface area (Å²) in [6, 6.07) is 4.08. The Bertz CT molecular complexity index is 373. The molecule has 18 heavy (non-hydrogen) atoms. The van der Waals surface area contributed by atoms with Gasteiger partial charge in [0.05, 0.1) is 18.8 Å². The third-order valence-electron chi connectivity index (χ3n) is 3.18. The van der Waals surface area contributed by atoms with Gasteiger partial charge in [0.2, 0.25) is 0 Å². The number of aromatic nitrogens is 1. The molecule has 0 radical (unpaired) electrons. The summed E-state index contributed by atoms with van der Waals surface area (Å²) in [6.45, 7) is 2.63. The first-order valence-electron chi connectivity index (χ1n) is 6.05. The lowest BCUT2D eigenvalue weighted by Gasteiger charge is -2.34. The van der Waals surface area contributed by atoms with Gasteiger partial charge in [0.1, 0.15) is 0 Å². The second kappa shape index (κ2) is 6.58. The summed E-state index contributed by atoms with van der Waals surface area (Å²) in [7, 11) is 2.10. The Morgan fingerprint density at radius 3 is 3.11 bits per heavy atom. The quantitative estimate of drug-likeness (QED) is 0.628. The minimum absolute atomic E-state index is 0.0847. The molecule has 1 saturated heterocycles. The third kappa shape index (κ3) is 3.73. The van der Waals surface area contributed by atoms with Crippen molar-refractivity contribution in [1.82, 2.24) is 15.3 Å². The normalized spacial score (nSPS) is 22.9. The highest BCUT2D eigenvalue weighted by Crippen LogP contribution is 2.13. The molecule has 2 heterocycles. The lowest BCUT2D eigenvalue weighted by molar-refractivity contribution is -0.0386. The van der Waals surface area contributed by atoms with Crippen molar-refractivity contribution in [3.63, 3.8) is 0 Å². The monoisotopic (exact) mass is 314 g/mol. The first kappa shape index (κ1) is 13.9. The van der Waals surface area contributed by atoms with Crippen molar-refractivity contribution < 1.29 is 4.74 Å². The van der Waals surface area contributed by atoms with Crippen LogP contribution in [0, 0.1) is 0 Å². The average Bonchev–Trinajstić information content (AvgIpc) is 2.38. The largest absolute Gasteiger partial charge is 0.374 e. The minimum Gasteiger partial charge on any atom is -0.374 e. The number of rotatable bonds is 4. The second-order valence-corrected chi connectivity index (χ2v) is 5.53. The number of nitrogens with one attached hydrogen (secondary N) is 1. The highest BCUT2D eigenvalue weighted by Gasteiger charge is 2.26. The van der Waals surface area contributed by atoms with E-state index in [2.05, 4.69) is 38.3 Å². The van der Waals surface area contributed by atoms with Gasteiger partial charge < -0.3 is 9.64 Å². The summed E-state index contributed by atoms with van der Waals surface area (Å²) >= 11 is 3.38. The molecule has 1 fully saturated rings. The van der Waals surface area contributed by atoms with Gasteiger partial charge in [-0.05, 0) is 35.1 Å². The van der Waals surface area contributed by atoms with E-state index in [1.807, 2.05) is 12.1 Å². The van der Waals surface area contributed by atoms with Crippen molar-refractivity contribution in [3.05, 3.63) is 28.5 Å². The van der Waals surface area contributed by atoms with Gasteiger partial charge >= 0.3 is 0 Å². The van der Waals surface area contributed by atoms with Crippen LogP contribution in [0.5, 0.6) is 0 Å².